The first-order valence-electron chi connectivity index (χ1n) is 5.31. The van der Waals surface area contributed by atoms with Crippen LogP contribution in [0.15, 0.2) is 0 Å². The van der Waals surface area contributed by atoms with E-state index in [0.29, 0.717) is 17.9 Å². The Morgan fingerprint density at radius 2 is 2.15 bits per heavy atom. The van der Waals surface area contributed by atoms with Crippen molar-refractivity contribution in [2.24, 2.45) is 16.7 Å². The Morgan fingerprint density at radius 3 is 2.54 bits per heavy atom. The first-order chi connectivity index (χ1) is 6.12. The molecule has 2 aliphatic rings. The topological polar surface area (TPSA) is 29.5 Å². The Balaban J connectivity index is 2.05. The zero-order valence-corrected chi connectivity index (χ0v) is 8.68. The number of aliphatic hydroxyl groups excluding tert-OH is 1. The summed E-state index contributed by atoms with van der Waals surface area (Å²) in [7, 11) is 0. The van der Waals surface area contributed by atoms with Crippen LogP contribution in [0.1, 0.15) is 33.1 Å². The van der Waals surface area contributed by atoms with E-state index in [1.165, 1.54) is 19.3 Å². The van der Waals surface area contributed by atoms with E-state index < -0.39 is 0 Å². The summed E-state index contributed by atoms with van der Waals surface area (Å²) in [4.78, 5) is 0. The highest BCUT2D eigenvalue weighted by Crippen LogP contribution is 2.68. The fourth-order valence-electron chi connectivity index (χ4n) is 3.02. The molecule has 2 atom stereocenters. The van der Waals surface area contributed by atoms with Crippen molar-refractivity contribution < 1.29 is 9.84 Å². The van der Waals surface area contributed by atoms with Gasteiger partial charge in [0.05, 0.1) is 6.61 Å². The molecule has 2 fully saturated rings. The van der Waals surface area contributed by atoms with E-state index in [4.69, 9.17) is 4.74 Å². The van der Waals surface area contributed by atoms with E-state index >= 15 is 0 Å². The van der Waals surface area contributed by atoms with Gasteiger partial charge in [0.25, 0.3) is 0 Å². The highest BCUT2D eigenvalue weighted by molar-refractivity contribution is 5.12. The van der Waals surface area contributed by atoms with Crippen molar-refractivity contribution in [2.45, 2.75) is 33.1 Å². The van der Waals surface area contributed by atoms with Crippen LogP contribution < -0.4 is 0 Å². The molecule has 1 saturated heterocycles. The molecule has 0 radical (unpaired) electrons. The molecule has 0 aromatic heterocycles. The molecule has 1 aliphatic carbocycles. The smallest absolute Gasteiger partial charge is 0.0500 e. The Kier molecular flexibility index (Phi) is 2.16. The van der Waals surface area contributed by atoms with Crippen molar-refractivity contribution >= 4 is 0 Å². The van der Waals surface area contributed by atoms with Gasteiger partial charge >= 0.3 is 0 Å². The lowest BCUT2D eigenvalue weighted by Crippen LogP contribution is -2.32. The minimum atomic E-state index is 0.188. The molecule has 13 heavy (non-hydrogen) atoms. The van der Waals surface area contributed by atoms with Crippen LogP contribution in [-0.2, 0) is 4.74 Å². The minimum Gasteiger partial charge on any atom is -0.396 e. The molecule has 2 unspecified atom stereocenters. The van der Waals surface area contributed by atoms with E-state index in [1.807, 2.05) is 0 Å². The molecule has 0 aromatic carbocycles. The van der Waals surface area contributed by atoms with Gasteiger partial charge in [-0.1, -0.05) is 13.8 Å². The molecule has 76 valence electrons. The summed E-state index contributed by atoms with van der Waals surface area (Å²) in [5, 5.41) is 9.49. The van der Waals surface area contributed by atoms with E-state index in [2.05, 4.69) is 13.8 Å². The second-order valence-corrected chi connectivity index (χ2v) is 5.29. The molecule has 0 amide bonds. The van der Waals surface area contributed by atoms with Crippen LogP contribution in [0.5, 0.6) is 0 Å². The van der Waals surface area contributed by atoms with Crippen molar-refractivity contribution in [1.29, 1.82) is 0 Å². The van der Waals surface area contributed by atoms with Crippen molar-refractivity contribution in [3.8, 4) is 0 Å². The summed E-state index contributed by atoms with van der Waals surface area (Å²) >= 11 is 0. The Bertz CT molecular complexity index is 194. The van der Waals surface area contributed by atoms with Crippen LogP contribution in [0.4, 0.5) is 0 Å². The number of hydrogen-bond donors (Lipinski definition) is 1. The standard InChI is InChI=1S/C11H20O2/c1-10(2)7-11(10,8-12)9-4-3-5-13-6-9/h9,12H,3-8H2,1-2H3. The average Bonchev–Trinajstić information content (AvgIpc) is 2.72. The lowest BCUT2D eigenvalue weighted by molar-refractivity contribution is -0.00474. The van der Waals surface area contributed by atoms with Gasteiger partial charge in [0.1, 0.15) is 0 Å². The summed E-state index contributed by atoms with van der Waals surface area (Å²) in [5.41, 5.74) is 0.528. The fraction of sp³-hybridized carbons (Fsp3) is 1.00. The van der Waals surface area contributed by atoms with Crippen molar-refractivity contribution in [3.05, 3.63) is 0 Å². The SMILES string of the molecule is CC1(C)CC1(CO)C1CCCOC1. The summed E-state index contributed by atoms with van der Waals surface area (Å²) in [6.45, 7) is 6.64. The van der Waals surface area contributed by atoms with Crippen LogP contribution in [0.25, 0.3) is 0 Å². The van der Waals surface area contributed by atoms with Gasteiger partial charge in [0.15, 0.2) is 0 Å². The largest absolute Gasteiger partial charge is 0.396 e. The molecular weight excluding hydrogens is 164 g/mol. The van der Waals surface area contributed by atoms with Gasteiger partial charge in [-0.15, -0.1) is 0 Å². The fourth-order valence-corrected chi connectivity index (χ4v) is 3.02. The minimum absolute atomic E-state index is 0.188. The van der Waals surface area contributed by atoms with Gasteiger partial charge in [0.2, 0.25) is 0 Å². The normalized spacial score (nSPS) is 43.2. The quantitative estimate of drug-likeness (QED) is 0.709. The highest BCUT2D eigenvalue weighted by Gasteiger charge is 2.64. The van der Waals surface area contributed by atoms with Gasteiger partial charge in [0, 0.05) is 18.6 Å². The summed E-state index contributed by atoms with van der Waals surface area (Å²) in [6, 6.07) is 0. The molecule has 0 aromatic rings. The molecule has 1 aliphatic heterocycles. The van der Waals surface area contributed by atoms with Crippen LogP contribution in [0.2, 0.25) is 0 Å². The number of hydrogen-bond acceptors (Lipinski definition) is 2. The van der Waals surface area contributed by atoms with E-state index in [1.54, 1.807) is 0 Å². The summed E-state index contributed by atoms with van der Waals surface area (Å²) in [5.74, 6) is 0.598. The van der Waals surface area contributed by atoms with Gasteiger partial charge < -0.3 is 9.84 Å². The maximum atomic E-state index is 9.49. The van der Waals surface area contributed by atoms with Gasteiger partial charge in [-0.25, -0.2) is 0 Å². The van der Waals surface area contributed by atoms with Crippen LogP contribution in [-0.4, -0.2) is 24.9 Å². The molecular formula is C11H20O2. The van der Waals surface area contributed by atoms with E-state index in [0.717, 1.165) is 13.2 Å². The molecule has 2 nitrogen and oxygen atoms in total. The maximum Gasteiger partial charge on any atom is 0.0500 e. The second kappa shape index (κ2) is 2.96. The first kappa shape index (κ1) is 9.47. The molecule has 0 spiro atoms. The highest BCUT2D eigenvalue weighted by atomic mass is 16.5. The predicted octanol–water partition coefficient (Wildman–Crippen LogP) is 1.82. The molecule has 2 heteroatoms. The Hall–Kier alpha value is -0.0800. The molecule has 1 saturated carbocycles. The van der Waals surface area contributed by atoms with Gasteiger partial charge in [-0.3, -0.25) is 0 Å². The van der Waals surface area contributed by atoms with Crippen LogP contribution >= 0.6 is 0 Å². The van der Waals surface area contributed by atoms with Gasteiger partial charge in [-0.2, -0.15) is 0 Å². The average molecular weight is 184 g/mol. The molecule has 1 heterocycles. The third-order valence-electron chi connectivity index (χ3n) is 4.20. The molecule has 2 rings (SSSR count). The summed E-state index contributed by atoms with van der Waals surface area (Å²) < 4.78 is 5.49. The zero-order chi connectivity index (χ0) is 9.53. The van der Waals surface area contributed by atoms with Crippen molar-refractivity contribution in [1.82, 2.24) is 0 Å². The number of rotatable bonds is 2. The Morgan fingerprint density at radius 1 is 1.46 bits per heavy atom. The third kappa shape index (κ3) is 1.31. The maximum absolute atomic E-state index is 9.49. The predicted molar refractivity (Wildman–Crippen MR) is 51.5 cm³/mol. The first-order valence-corrected chi connectivity index (χ1v) is 5.31. The zero-order valence-electron chi connectivity index (χ0n) is 8.68. The van der Waals surface area contributed by atoms with E-state index in [-0.39, 0.29) is 5.41 Å². The van der Waals surface area contributed by atoms with Crippen LogP contribution in [0, 0.1) is 16.7 Å². The third-order valence-corrected chi connectivity index (χ3v) is 4.20. The van der Waals surface area contributed by atoms with Crippen LogP contribution in [0.3, 0.4) is 0 Å². The lowest BCUT2D eigenvalue weighted by Gasteiger charge is -2.31. The lowest BCUT2D eigenvalue weighted by atomic mass is 9.80. The van der Waals surface area contributed by atoms with Crippen molar-refractivity contribution in [3.63, 3.8) is 0 Å². The summed E-state index contributed by atoms with van der Waals surface area (Å²) in [6.07, 6.45) is 3.58. The molecule has 1 N–H and O–H groups in total. The van der Waals surface area contributed by atoms with E-state index in [9.17, 15) is 5.11 Å². The number of ether oxygens (including phenoxy) is 1. The van der Waals surface area contributed by atoms with Crippen molar-refractivity contribution in [2.75, 3.05) is 19.8 Å². The Labute approximate surface area is 80.3 Å². The van der Waals surface area contributed by atoms with Gasteiger partial charge in [-0.05, 0) is 30.6 Å². The second-order valence-electron chi connectivity index (χ2n) is 5.29. The number of aliphatic hydroxyl groups is 1. The molecule has 0 bridgehead atoms. The monoisotopic (exact) mass is 184 g/mol.